The van der Waals surface area contributed by atoms with Gasteiger partial charge in [-0.2, -0.15) is 0 Å². The smallest absolute Gasteiger partial charge is 0.221 e. The summed E-state index contributed by atoms with van der Waals surface area (Å²) in [4.78, 5) is 22.1. The van der Waals surface area contributed by atoms with Gasteiger partial charge in [-0.05, 0) is 12.8 Å². The van der Waals surface area contributed by atoms with Crippen molar-refractivity contribution in [2.75, 3.05) is 6.54 Å². The summed E-state index contributed by atoms with van der Waals surface area (Å²) >= 11 is 0. The summed E-state index contributed by atoms with van der Waals surface area (Å²) in [5.41, 5.74) is 5.02. The van der Waals surface area contributed by atoms with Crippen LogP contribution < -0.4 is 16.4 Å². The lowest BCUT2D eigenvalue weighted by atomic mass is 10.2. The first-order valence-electron chi connectivity index (χ1n) is 6.83. The monoisotopic (exact) mass is 315 g/mol. The van der Waals surface area contributed by atoms with Gasteiger partial charge in [0.05, 0.1) is 0 Å². The molecule has 0 saturated heterocycles. The van der Waals surface area contributed by atoms with E-state index >= 15 is 0 Å². The fraction of sp³-hybridized carbons (Fsp3) is 0.538. The van der Waals surface area contributed by atoms with Crippen LogP contribution in [-0.4, -0.2) is 33.1 Å². The van der Waals surface area contributed by atoms with Crippen LogP contribution >= 0.6 is 9.24 Å². The predicted molar refractivity (Wildman–Crippen MR) is 82.4 cm³/mol. The van der Waals surface area contributed by atoms with Crippen LogP contribution in [0.5, 0.6) is 11.8 Å². The van der Waals surface area contributed by atoms with Crippen molar-refractivity contribution in [3.63, 3.8) is 0 Å². The van der Waals surface area contributed by atoms with Crippen LogP contribution in [0.3, 0.4) is 0 Å². The normalized spacial score (nSPS) is 10.5. The second-order valence-corrected chi connectivity index (χ2v) is 5.43. The van der Waals surface area contributed by atoms with Crippen molar-refractivity contribution in [3.05, 3.63) is 6.07 Å². The van der Waals surface area contributed by atoms with Crippen LogP contribution in [0, 0.1) is 0 Å². The van der Waals surface area contributed by atoms with Gasteiger partial charge in [-0.3, -0.25) is 14.2 Å². The molecule has 1 unspecified atom stereocenters. The number of hydrogen-bond donors (Lipinski definition) is 4. The van der Waals surface area contributed by atoms with Crippen molar-refractivity contribution in [1.82, 2.24) is 9.88 Å². The summed E-state index contributed by atoms with van der Waals surface area (Å²) in [7, 11) is 2.30. The number of carbonyl (C=O) groups is 2. The highest BCUT2D eigenvalue weighted by molar-refractivity contribution is 7.27. The number of carbonyl (C=O) groups excluding carboxylic acids is 2. The summed E-state index contributed by atoms with van der Waals surface area (Å²) in [5.74, 6) is -0.588. The SMILES string of the molecule is NC(=O)CCCCCNC(=O)CCn1c(O)cc(P)c1O. The van der Waals surface area contributed by atoms with Gasteiger partial charge in [0.1, 0.15) is 0 Å². The number of nitrogens with one attached hydrogen (secondary N) is 1. The van der Waals surface area contributed by atoms with Gasteiger partial charge in [0.25, 0.3) is 0 Å². The summed E-state index contributed by atoms with van der Waals surface area (Å²) in [6, 6.07) is 1.41. The maximum absolute atomic E-state index is 11.6. The van der Waals surface area contributed by atoms with Crippen LogP contribution in [-0.2, 0) is 16.1 Å². The molecular weight excluding hydrogens is 293 g/mol. The van der Waals surface area contributed by atoms with Gasteiger partial charge in [0.2, 0.25) is 17.7 Å². The Labute approximate surface area is 125 Å². The molecular formula is C13H22N3O4P. The molecule has 118 valence electrons. The summed E-state index contributed by atoms with van der Waals surface area (Å²) in [5, 5.41) is 22.5. The first-order valence-corrected chi connectivity index (χ1v) is 7.41. The molecule has 2 amide bonds. The third-order valence-corrected chi connectivity index (χ3v) is 3.48. The molecule has 1 rings (SSSR count). The Morgan fingerprint density at radius 3 is 2.52 bits per heavy atom. The van der Waals surface area contributed by atoms with E-state index in [1.54, 1.807) is 0 Å². The molecule has 1 atom stereocenters. The second kappa shape index (κ2) is 8.52. The second-order valence-electron chi connectivity index (χ2n) is 4.81. The van der Waals surface area contributed by atoms with Crippen molar-refractivity contribution >= 4 is 26.4 Å². The summed E-state index contributed by atoms with van der Waals surface area (Å²) in [6.45, 7) is 0.746. The highest BCUT2D eigenvalue weighted by Gasteiger charge is 2.11. The molecule has 0 spiro atoms. The Morgan fingerprint density at radius 1 is 1.24 bits per heavy atom. The van der Waals surface area contributed by atoms with Crippen LogP contribution in [0.15, 0.2) is 6.07 Å². The van der Waals surface area contributed by atoms with Crippen molar-refractivity contribution in [2.24, 2.45) is 5.73 Å². The number of hydrogen-bond acceptors (Lipinski definition) is 4. The van der Waals surface area contributed by atoms with Gasteiger partial charge in [0, 0.05) is 37.3 Å². The zero-order valence-corrected chi connectivity index (χ0v) is 13.0. The van der Waals surface area contributed by atoms with E-state index < -0.39 is 0 Å². The minimum absolute atomic E-state index is 0.0586. The van der Waals surface area contributed by atoms with E-state index in [9.17, 15) is 19.8 Å². The number of primary amides is 1. The van der Waals surface area contributed by atoms with Crippen LogP contribution in [0.4, 0.5) is 0 Å². The zero-order valence-electron chi connectivity index (χ0n) is 11.8. The first kappa shape index (κ1) is 17.3. The van der Waals surface area contributed by atoms with E-state index in [2.05, 4.69) is 14.6 Å². The summed E-state index contributed by atoms with van der Waals surface area (Å²) < 4.78 is 1.27. The fourth-order valence-corrected chi connectivity index (χ4v) is 2.20. The average Bonchev–Trinajstić information content (AvgIpc) is 2.65. The summed E-state index contributed by atoms with van der Waals surface area (Å²) in [6.07, 6.45) is 2.89. The number of aromatic hydroxyl groups is 2. The zero-order chi connectivity index (χ0) is 15.8. The van der Waals surface area contributed by atoms with Crippen molar-refractivity contribution in [1.29, 1.82) is 0 Å². The van der Waals surface area contributed by atoms with E-state index in [4.69, 9.17) is 5.73 Å². The lowest BCUT2D eigenvalue weighted by Gasteiger charge is -2.08. The molecule has 5 N–H and O–H groups in total. The third kappa shape index (κ3) is 6.04. The number of rotatable bonds is 9. The Morgan fingerprint density at radius 2 is 1.95 bits per heavy atom. The molecule has 1 aromatic rings. The van der Waals surface area contributed by atoms with Crippen LogP contribution in [0.2, 0.25) is 0 Å². The van der Waals surface area contributed by atoms with Gasteiger partial charge < -0.3 is 21.3 Å². The largest absolute Gasteiger partial charge is 0.494 e. The van der Waals surface area contributed by atoms with Gasteiger partial charge in [0.15, 0.2) is 5.88 Å². The number of unbranched alkanes of at least 4 members (excludes halogenated alkanes) is 2. The lowest BCUT2D eigenvalue weighted by Crippen LogP contribution is -2.25. The quantitative estimate of drug-likeness (QED) is 0.377. The molecule has 0 radical (unpaired) electrons. The van der Waals surface area contributed by atoms with E-state index in [1.165, 1.54) is 10.6 Å². The maximum atomic E-state index is 11.6. The van der Waals surface area contributed by atoms with E-state index in [0.717, 1.165) is 19.3 Å². The number of nitrogens with two attached hydrogens (primary N) is 1. The molecule has 0 saturated carbocycles. The van der Waals surface area contributed by atoms with Crippen molar-refractivity contribution in [2.45, 2.75) is 38.6 Å². The van der Waals surface area contributed by atoms with E-state index in [0.29, 0.717) is 18.3 Å². The Kier molecular flexibility index (Phi) is 7.02. The first-order chi connectivity index (χ1) is 9.91. The number of nitrogens with zero attached hydrogens (tertiary/aromatic N) is 1. The van der Waals surface area contributed by atoms with Crippen LogP contribution in [0.25, 0.3) is 0 Å². The van der Waals surface area contributed by atoms with Crippen molar-refractivity contribution < 1.29 is 19.8 Å². The Hall–Kier alpha value is -1.75. The highest BCUT2D eigenvalue weighted by atomic mass is 31.0. The van der Waals surface area contributed by atoms with Gasteiger partial charge in [-0.15, -0.1) is 0 Å². The number of amides is 2. The molecule has 21 heavy (non-hydrogen) atoms. The topological polar surface area (TPSA) is 118 Å². The third-order valence-electron chi connectivity index (χ3n) is 3.06. The minimum atomic E-state index is -0.307. The van der Waals surface area contributed by atoms with Crippen molar-refractivity contribution in [3.8, 4) is 11.8 Å². The predicted octanol–water partition coefficient (Wildman–Crippen LogP) is -0.0483. The minimum Gasteiger partial charge on any atom is -0.494 e. The standard InChI is InChI=1S/C13H22N3O4P/c14-10(17)4-2-1-3-6-15-11(18)5-7-16-12(19)8-9(21)13(16)20/h8,19-20H,1-7,21H2,(H2,14,17)(H,15,18). The van der Waals surface area contributed by atoms with E-state index in [1.807, 2.05) is 0 Å². The molecule has 0 fully saturated rings. The molecule has 0 aliphatic heterocycles. The molecule has 0 bridgehead atoms. The fourth-order valence-electron chi connectivity index (χ4n) is 1.90. The Bertz CT molecular complexity index is 502. The van der Waals surface area contributed by atoms with Gasteiger partial charge in [-0.1, -0.05) is 15.7 Å². The van der Waals surface area contributed by atoms with Gasteiger partial charge >= 0.3 is 0 Å². The maximum Gasteiger partial charge on any atom is 0.221 e. The molecule has 1 aromatic heterocycles. The molecule has 8 heteroatoms. The molecule has 7 nitrogen and oxygen atoms in total. The number of aromatic nitrogens is 1. The Balaban J connectivity index is 2.18. The molecule has 0 aliphatic rings. The highest BCUT2D eigenvalue weighted by Crippen LogP contribution is 2.21. The molecule has 1 heterocycles. The van der Waals surface area contributed by atoms with Crippen LogP contribution in [0.1, 0.15) is 32.1 Å². The lowest BCUT2D eigenvalue weighted by molar-refractivity contribution is -0.121. The molecule has 0 aliphatic carbocycles. The van der Waals surface area contributed by atoms with Gasteiger partial charge in [-0.25, -0.2) is 0 Å². The average molecular weight is 315 g/mol. The molecule has 0 aromatic carbocycles. The van der Waals surface area contributed by atoms with E-state index in [-0.39, 0.29) is 36.5 Å².